The van der Waals surface area contributed by atoms with Gasteiger partial charge >= 0.3 is 0 Å². The van der Waals surface area contributed by atoms with Gasteiger partial charge in [-0.2, -0.15) is 0 Å². The molecule has 1 aromatic heterocycles. The normalized spacial score (nSPS) is 16.8. The van der Waals surface area contributed by atoms with E-state index in [4.69, 9.17) is 14.2 Å². The van der Waals surface area contributed by atoms with Gasteiger partial charge in [0.2, 0.25) is 0 Å². The number of ether oxygens (including phenoxy) is 3. The van der Waals surface area contributed by atoms with Gasteiger partial charge in [-0.05, 0) is 25.7 Å². The van der Waals surface area contributed by atoms with Gasteiger partial charge < -0.3 is 14.2 Å². The van der Waals surface area contributed by atoms with Crippen LogP contribution in [0.1, 0.15) is 25.7 Å². The first kappa shape index (κ1) is 15.2. The Morgan fingerprint density at radius 1 is 0.958 bits per heavy atom. The molecule has 0 bridgehead atoms. The Balaban J connectivity index is 1.86. The molecule has 24 heavy (non-hydrogen) atoms. The van der Waals surface area contributed by atoms with E-state index in [1.807, 2.05) is 0 Å². The van der Waals surface area contributed by atoms with Gasteiger partial charge in [0.25, 0.3) is 0 Å². The number of benzene rings is 1. The smallest absolute Gasteiger partial charge is 0.152 e. The summed E-state index contributed by atoms with van der Waals surface area (Å²) in [5, 5.41) is 0. The molecular formula is C18H17F2NO3. The van der Waals surface area contributed by atoms with Crippen molar-refractivity contribution in [1.29, 1.82) is 0 Å². The molecule has 0 unspecified atom stereocenters. The zero-order valence-electron chi connectivity index (χ0n) is 13.2. The number of hydrogen-bond acceptors (Lipinski definition) is 4. The van der Waals surface area contributed by atoms with E-state index < -0.39 is 11.6 Å². The van der Waals surface area contributed by atoms with E-state index in [1.54, 1.807) is 19.2 Å². The van der Waals surface area contributed by atoms with Crippen molar-refractivity contribution in [2.75, 3.05) is 7.11 Å². The molecule has 0 radical (unpaired) electrons. The van der Waals surface area contributed by atoms with Crippen molar-refractivity contribution in [3.63, 3.8) is 0 Å². The quantitative estimate of drug-likeness (QED) is 0.797. The molecular weight excluding hydrogens is 316 g/mol. The Morgan fingerprint density at radius 3 is 2.00 bits per heavy atom. The highest BCUT2D eigenvalue weighted by molar-refractivity contribution is 5.76. The lowest BCUT2D eigenvalue weighted by molar-refractivity contribution is 0.285. The lowest BCUT2D eigenvalue weighted by Crippen LogP contribution is -2.05. The predicted octanol–water partition coefficient (Wildman–Crippen LogP) is 4.12. The van der Waals surface area contributed by atoms with E-state index in [-0.39, 0.29) is 17.9 Å². The lowest BCUT2D eigenvalue weighted by Gasteiger charge is -2.17. The molecule has 0 spiro atoms. The van der Waals surface area contributed by atoms with Gasteiger partial charge in [-0.1, -0.05) is 0 Å². The Labute approximate surface area is 138 Å². The van der Waals surface area contributed by atoms with E-state index in [0.29, 0.717) is 22.8 Å². The summed E-state index contributed by atoms with van der Waals surface area (Å²) in [4.78, 5) is 3.93. The fourth-order valence-corrected chi connectivity index (χ4v) is 2.43. The molecule has 1 heterocycles. The van der Waals surface area contributed by atoms with Gasteiger partial charge in [0, 0.05) is 18.2 Å². The molecule has 2 aliphatic rings. The average Bonchev–Trinajstić information content (AvgIpc) is 3.45. The molecule has 2 aromatic rings. The Kier molecular flexibility index (Phi) is 3.75. The fraction of sp³-hybridized carbons (Fsp3) is 0.389. The maximum Gasteiger partial charge on any atom is 0.152 e. The number of pyridine rings is 1. The highest BCUT2D eigenvalue weighted by atomic mass is 19.1. The second-order valence-corrected chi connectivity index (χ2v) is 6.12. The van der Waals surface area contributed by atoms with Crippen LogP contribution in [0.15, 0.2) is 24.4 Å². The topological polar surface area (TPSA) is 40.6 Å². The SMILES string of the molecule is COc1cc(OC2CC2)c(-c2ncc(F)cc2F)c(OC2CC2)c1. The Morgan fingerprint density at radius 2 is 1.54 bits per heavy atom. The minimum Gasteiger partial charge on any atom is -0.496 e. The number of methoxy groups -OCH3 is 1. The molecule has 1 aromatic carbocycles. The second-order valence-electron chi connectivity index (χ2n) is 6.12. The van der Waals surface area contributed by atoms with Crippen LogP contribution in [-0.4, -0.2) is 24.3 Å². The fourth-order valence-electron chi connectivity index (χ4n) is 2.43. The monoisotopic (exact) mass is 333 g/mol. The van der Waals surface area contributed by atoms with E-state index in [2.05, 4.69) is 4.98 Å². The molecule has 126 valence electrons. The van der Waals surface area contributed by atoms with E-state index in [0.717, 1.165) is 37.9 Å². The minimum absolute atomic E-state index is 0.0188. The summed E-state index contributed by atoms with van der Waals surface area (Å²) in [5.74, 6) is -0.0101. The zero-order chi connectivity index (χ0) is 16.7. The molecule has 2 saturated carbocycles. The second kappa shape index (κ2) is 5.92. The molecule has 0 aliphatic heterocycles. The van der Waals surface area contributed by atoms with E-state index in [9.17, 15) is 8.78 Å². The van der Waals surface area contributed by atoms with Crippen LogP contribution >= 0.6 is 0 Å². The van der Waals surface area contributed by atoms with Crippen LogP contribution in [0.25, 0.3) is 11.3 Å². The summed E-state index contributed by atoms with van der Waals surface area (Å²) < 4.78 is 44.7. The van der Waals surface area contributed by atoms with Crippen LogP contribution < -0.4 is 14.2 Å². The molecule has 0 N–H and O–H groups in total. The summed E-state index contributed by atoms with van der Waals surface area (Å²) in [6.45, 7) is 0. The lowest BCUT2D eigenvalue weighted by atomic mass is 10.1. The third-order valence-corrected chi connectivity index (χ3v) is 3.96. The van der Waals surface area contributed by atoms with E-state index in [1.165, 1.54) is 0 Å². The van der Waals surface area contributed by atoms with Crippen LogP contribution in [0.2, 0.25) is 0 Å². The number of halogens is 2. The van der Waals surface area contributed by atoms with Crippen LogP contribution in [-0.2, 0) is 0 Å². The predicted molar refractivity (Wildman–Crippen MR) is 83.4 cm³/mol. The molecule has 6 heteroatoms. The van der Waals surface area contributed by atoms with Crippen molar-refractivity contribution >= 4 is 0 Å². The molecule has 0 atom stereocenters. The Bertz CT molecular complexity index is 738. The van der Waals surface area contributed by atoms with Crippen molar-refractivity contribution in [3.05, 3.63) is 36.0 Å². The summed E-state index contributed by atoms with van der Waals surface area (Å²) >= 11 is 0. The maximum absolute atomic E-state index is 14.3. The molecule has 2 fully saturated rings. The van der Waals surface area contributed by atoms with Gasteiger partial charge in [-0.15, -0.1) is 0 Å². The zero-order valence-corrected chi connectivity index (χ0v) is 13.2. The van der Waals surface area contributed by atoms with Crippen molar-refractivity contribution in [2.45, 2.75) is 37.9 Å². The third-order valence-electron chi connectivity index (χ3n) is 3.96. The molecule has 4 rings (SSSR count). The summed E-state index contributed by atoms with van der Waals surface area (Å²) in [6, 6.07) is 4.20. The first-order chi connectivity index (χ1) is 11.6. The number of rotatable bonds is 6. The number of hydrogen-bond donors (Lipinski definition) is 0. The minimum atomic E-state index is -0.749. The third kappa shape index (κ3) is 3.13. The van der Waals surface area contributed by atoms with Crippen molar-refractivity contribution < 1.29 is 23.0 Å². The Hall–Kier alpha value is -2.37. The number of nitrogens with zero attached hydrogens (tertiary/aromatic N) is 1. The van der Waals surface area contributed by atoms with Crippen molar-refractivity contribution in [1.82, 2.24) is 4.98 Å². The molecule has 0 saturated heterocycles. The van der Waals surface area contributed by atoms with Gasteiger partial charge in [-0.3, -0.25) is 0 Å². The van der Waals surface area contributed by atoms with Gasteiger partial charge in [0.1, 0.15) is 28.8 Å². The summed E-state index contributed by atoms with van der Waals surface area (Å²) in [6.07, 6.45) is 5.01. The molecule has 4 nitrogen and oxygen atoms in total. The summed E-state index contributed by atoms with van der Waals surface area (Å²) in [7, 11) is 1.55. The number of aromatic nitrogens is 1. The van der Waals surface area contributed by atoms with Gasteiger partial charge in [0.05, 0.1) is 31.1 Å². The average molecular weight is 333 g/mol. The van der Waals surface area contributed by atoms with Crippen LogP contribution in [0.4, 0.5) is 8.78 Å². The molecule has 0 amide bonds. The summed E-state index contributed by atoms with van der Waals surface area (Å²) in [5.41, 5.74) is 0.428. The van der Waals surface area contributed by atoms with Crippen LogP contribution in [0, 0.1) is 11.6 Å². The van der Waals surface area contributed by atoms with Gasteiger partial charge in [-0.25, -0.2) is 13.8 Å². The van der Waals surface area contributed by atoms with Crippen molar-refractivity contribution in [2.24, 2.45) is 0 Å². The maximum atomic E-state index is 14.3. The standard InChI is InChI=1S/C18H17F2NO3/c1-22-13-7-15(23-11-2-3-11)17(16(8-13)24-12-4-5-12)18-14(20)6-10(19)9-21-18/h6-9,11-12H,2-5H2,1H3. The van der Waals surface area contributed by atoms with E-state index >= 15 is 0 Å². The largest absolute Gasteiger partial charge is 0.496 e. The molecule has 2 aliphatic carbocycles. The highest BCUT2D eigenvalue weighted by Gasteiger charge is 2.31. The van der Waals surface area contributed by atoms with Crippen LogP contribution in [0.3, 0.4) is 0 Å². The van der Waals surface area contributed by atoms with Gasteiger partial charge in [0.15, 0.2) is 5.82 Å². The van der Waals surface area contributed by atoms with Crippen LogP contribution in [0.5, 0.6) is 17.2 Å². The highest BCUT2D eigenvalue weighted by Crippen LogP contribution is 2.45. The first-order valence-electron chi connectivity index (χ1n) is 8.01. The van der Waals surface area contributed by atoms with Crippen molar-refractivity contribution in [3.8, 4) is 28.5 Å². The first-order valence-corrected chi connectivity index (χ1v) is 8.01.